The zero-order valence-electron chi connectivity index (χ0n) is 6.99. The molecule has 0 aromatic heterocycles. The van der Waals surface area contributed by atoms with Gasteiger partial charge in [0.25, 0.3) is 5.91 Å². The Bertz CT molecular complexity index is 312. The molecule has 1 aliphatic heterocycles. The smallest absolute Gasteiger partial charge is 0.267 e. The molecule has 0 saturated heterocycles. The lowest BCUT2D eigenvalue weighted by atomic mass is 9.99. The Kier molecular flexibility index (Phi) is 2.19. The standard InChI is InChI=1S/C8H6F3NO/c1-4-3-12-7(13)5(2)6(4)8(9,10)11/h1-2H3. The minimum atomic E-state index is -4.51. The van der Waals surface area contributed by atoms with E-state index >= 15 is 0 Å². The molecule has 1 rings (SSSR count). The average molecular weight is 189 g/mol. The van der Waals surface area contributed by atoms with Crippen molar-refractivity contribution in [3.63, 3.8) is 0 Å². The van der Waals surface area contributed by atoms with Crippen LogP contribution in [-0.2, 0) is 4.79 Å². The van der Waals surface area contributed by atoms with Crippen molar-refractivity contribution in [3.8, 4) is 0 Å². The number of carbonyl (C=O) groups is 1. The monoisotopic (exact) mass is 189 g/mol. The quantitative estimate of drug-likeness (QED) is 0.570. The topological polar surface area (TPSA) is 31.2 Å². The number of rotatable bonds is 0. The highest BCUT2D eigenvalue weighted by Crippen LogP contribution is 2.34. The predicted octanol–water partition coefficient (Wildman–Crippen LogP) is 1.72. The summed E-state index contributed by atoms with van der Waals surface area (Å²) in [6.07, 6.45) is -2.47. The molecule has 0 atom stereocenters. The van der Waals surface area contributed by atoms with Crippen molar-refractivity contribution in [1.29, 1.82) is 0 Å². The van der Waals surface area contributed by atoms with E-state index in [-0.39, 0.29) is 11.1 Å². The molecule has 1 aliphatic rings. The molecule has 0 fully saturated rings. The van der Waals surface area contributed by atoms with E-state index in [1.165, 1.54) is 6.92 Å². The van der Waals surface area contributed by atoms with Gasteiger partial charge in [0.1, 0.15) is 0 Å². The zero-order chi connectivity index (χ0) is 10.2. The van der Waals surface area contributed by atoms with E-state index in [1.54, 1.807) is 0 Å². The summed E-state index contributed by atoms with van der Waals surface area (Å²) in [4.78, 5) is 10.8. The summed E-state index contributed by atoms with van der Waals surface area (Å²) >= 11 is 0. The predicted molar refractivity (Wildman–Crippen MR) is 38.3 cm³/mol. The van der Waals surface area contributed by atoms with Gasteiger partial charge in [0, 0.05) is 5.57 Å². The van der Waals surface area contributed by atoms with Crippen LogP contribution in [0.25, 0.3) is 0 Å². The Morgan fingerprint density at radius 3 is 2.23 bits per heavy atom. The van der Waals surface area contributed by atoms with E-state index in [4.69, 9.17) is 0 Å². The lowest BCUT2D eigenvalue weighted by Gasteiger charge is -2.17. The number of alkyl halides is 3. The van der Waals surface area contributed by atoms with Gasteiger partial charge in [0.05, 0.1) is 11.8 Å². The first-order valence-corrected chi connectivity index (χ1v) is 3.47. The van der Waals surface area contributed by atoms with Gasteiger partial charge >= 0.3 is 6.18 Å². The van der Waals surface area contributed by atoms with Crippen LogP contribution in [0.2, 0.25) is 0 Å². The molecule has 2 nitrogen and oxygen atoms in total. The van der Waals surface area contributed by atoms with Crippen LogP contribution in [-0.4, -0.2) is 12.1 Å². The molecular weight excluding hydrogens is 183 g/mol. The Morgan fingerprint density at radius 1 is 1.31 bits per heavy atom. The first-order chi connectivity index (χ1) is 5.84. The van der Waals surface area contributed by atoms with Crippen LogP contribution < -0.4 is 5.32 Å². The van der Waals surface area contributed by atoms with Gasteiger partial charge in [-0.3, -0.25) is 4.79 Å². The molecule has 0 spiro atoms. The number of carbonyl (C=O) groups excluding carboxylic acids is 1. The third-order valence-corrected chi connectivity index (χ3v) is 1.68. The van der Waals surface area contributed by atoms with Crippen LogP contribution in [0.5, 0.6) is 0 Å². The minimum absolute atomic E-state index is 0.149. The first kappa shape index (κ1) is 9.83. The van der Waals surface area contributed by atoms with Crippen LogP contribution >= 0.6 is 0 Å². The normalized spacial score (nSPS) is 18.5. The van der Waals surface area contributed by atoms with Crippen LogP contribution in [0, 0.1) is 6.20 Å². The van der Waals surface area contributed by atoms with Crippen LogP contribution in [0.15, 0.2) is 16.7 Å². The van der Waals surface area contributed by atoms with Crippen LogP contribution in [0.4, 0.5) is 13.2 Å². The minimum Gasteiger partial charge on any atom is -0.267 e. The summed E-state index contributed by atoms with van der Waals surface area (Å²) in [7, 11) is 0. The lowest BCUT2D eigenvalue weighted by molar-refractivity contribution is -0.119. The van der Waals surface area contributed by atoms with Crippen molar-refractivity contribution < 1.29 is 18.0 Å². The highest BCUT2D eigenvalue weighted by molar-refractivity contribution is 5.96. The van der Waals surface area contributed by atoms with Gasteiger partial charge in [-0.05, 0) is 19.4 Å². The SMILES string of the molecule is CC1=[C][N]C(=O)C(C)=C1C(F)(F)F. The molecule has 0 N–H and O–H groups in total. The molecule has 0 unspecified atom stereocenters. The van der Waals surface area contributed by atoms with E-state index in [2.05, 4.69) is 5.32 Å². The molecule has 0 bridgehead atoms. The van der Waals surface area contributed by atoms with Crippen molar-refractivity contribution in [2.75, 3.05) is 0 Å². The molecule has 1 amide bonds. The van der Waals surface area contributed by atoms with Crippen LogP contribution in [0.1, 0.15) is 13.8 Å². The number of nitrogens with zero attached hydrogens (tertiary/aromatic N) is 1. The average Bonchev–Trinajstić information content (AvgIpc) is 1.95. The Labute approximate surface area is 73.1 Å². The third kappa shape index (κ3) is 1.74. The summed E-state index contributed by atoms with van der Waals surface area (Å²) in [5.74, 6) is -0.877. The number of hydrogen-bond donors (Lipinski definition) is 0. The highest BCUT2D eigenvalue weighted by atomic mass is 19.4. The van der Waals surface area contributed by atoms with Crippen molar-refractivity contribution in [2.24, 2.45) is 0 Å². The van der Waals surface area contributed by atoms with Gasteiger partial charge in [0.2, 0.25) is 0 Å². The largest absolute Gasteiger partial charge is 0.417 e. The molecule has 13 heavy (non-hydrogen) atoms. The van der Waals surface area contributed by atoms with E-state index in [1.807, 2.05) is 6.20 Å². The van der Waals surface area contributed by atoms with E-state index < -0.39 is 17.7 Å². The fraction of sp³-hybridized carbons (Fsp3) is 0.375. The summed E-state index contributed by atoms with van der Waals surface area (Å²) < 4.78 is 36.9. The number of allylic oxidation sites excluding steroid dienone is 2. The Hall–Kier alpha value is -1.26. The van der Waals surface area contributed by atoms with Gasteiger partial charge in [-0.1, -0.05) is 0 Å². The second-order valence-corrected chi connectivity index (χ2v) is 2.65. The molecule has 0 aromatic carbocycles. The second-order valence-electron chi connectivity index (χ2n) is 2.65. The van der Waals surface area contributed by atoms with Gasteiger partial charge in [-0.15, -0.1) is 0 Å². The van der Waals surface area contributed by atoms with Crippen LogP contribution in [0.3, 0.4) is 0 Å². The molecule has 70 valence electrons. The Balaban J connectivity index is 3.24. The summed E-state index contributed by atoms with van der Waals surface area (Å²) in [5, 5.41) is 3.17. The van der Waals surface area contributed by atoms with Gasteiger partial charge in [0.15, 0.2) is 0 Å². The molecule has 0 aromatic rings. The molecule has 1 heterocycles. The van der Waals surface area contributed by atoms with E-state index in [9.17, 15) is 18.0 Å². The van der Waals surface area contributed by atoms with Gasteiger partial charge in [-0.25, -0.2) is 5.32 Å². The van der Waals surface area contributed by atoms with Crippen molar-refractivity contribution in [1.82, 2.24) is 5.32 Å². The summed E-state index contributed by atoms with van der Waals surface area (Å²) in [6, 6.07) is 0. The van der Waals surface area contributed by atoms with E-state index in [0.717, 1.165) is 6.92 Å². The van der Waals surface area contributed by atoms with Gasteiger partial charge < -0.3 is 0 Å². The second kappa shape index (κ2) is 2.90. The Morgan fingerprint density at radius 2 is 1.85 bits per heavy atom. The highest BCUT2D eigenvalue weighted by Gasteiger charge is 2.39. The number of amides is 1. The number of halogens is 3. The fourth-order valence-corrected chi connectivity index (χ4v) is 1.09. The molecule has 0 saturated carbocycles. The number of hydrogen-bond acceptors (Lipinski definition) is 1. The summed E-state index contributed by atoms with van der Waals surface area (Å²) in [6.45, 7) is 2.33. The maximum atomic E-state index is 12.3. The van der Waals surface area contributed by atoms with Crippen molar-refractivity contribution in [2.45, 2.75) is 20.0 Å². The molecular formula is C8H6F3NO. The van der Waals surface area contributed by atoms with Gasteiger partial charge in [-0.2, -0.15) is 13.2 Å². The van der Waals surface area contributed by atoms with Crippen molar-refractivity contribution >= 4 is 5.91 Å². The zero-order valence-corrected chi connectivity index (χ0v) is 6.99. The lowest BCUT2D eigenvalue weighted by Crippen LogP contribution is -2.26. The fourth-order valence-electron chi connectivity index (χ4n) is 1.09. The maximum absolute atomic E-state index is 12.3. The van der Waals surface area contributed by atoms with E-state index in [0.29, 0.717) is 0 Å². The van der Waals surface area contributed by atoms with Crippen molar-refractivity contribution in [3.05, 3.63) is 22.9 Å². The first-order valence-electron chi connectivity index (χ1n) is 3.47. The molecule has 0 aliphatic carbocycles. The molecule has 2 radical (unpaired) electrons. The summed E-state index contributed by atoms with van der Waals surface area (Å²) in [5.41, 5.74) is -1.44. The molecule has 5 heteroatoms. The third-order valence-electron chi connectivity index (χ3n) is 1.68. The maximum Gasteiger partial charge on any atom is 0.417 e.